The highest BCUT2D eigenvalue weighted by atomic mass is 32.2. The number of amides is 1. The first-order valence-electron chi connectivity index (χ1n) is 11.0. The molecule has 35 heavy (non-hydrogen) atoms. The first kappa shape index (κ1) is 25.6. The van der Waals surface area contributed by atoms with Crippen LogP contribution in [0.15, 0.2) is 36.4 Å². The predicted molar refractivity (Wildman–Crippen MR) is 140 cm³/mol. The molecule has 0 saturated carbocycles. The van der Waals surface area contributed by atoms with Crippen molar-refractivity contribution in [1.82, 2.24) is 5.32 Å². The van der Waals surface area contributed by atoms with Gasteiger partial charge in [0, 0.05) is 34.5 Å². The summed E-state index contributed by atoms with van der Waals surface area (Å²) in [4.78, 5) is 13.7. The monoisotopic (exact) mass is 518 g/mol. The molecule has 1 aliphatic rings. The first-order valence-corrected chi connectivity index (χ1v) is 13.7. The van der Waals surface area contributed by atoms with Crippen molar-refractivity contribution in [2.75, 3.05) is 24.7 Å². The summed E-state index contributed by atoms with van der Waals surface area (Å²) in [6.07, 6.45) is 1.12. The van der Waals surface area contributed by atoms with Crippen molar-refractivity contribution >= 4 is 55.6 Å². The number of halogens is 1. The number of hydrogen-bond donors (Lipinski definition) is 1. The van der Waals surface area contributed by atoms with Gasteiger partial charge in [-0.25, -0.2) is 12.8 Å². The van der Waals surface area contributed by atoms with Gasteiger partial charge in [0.1, 0.15) is 5.82 Å². The second kappa shape index (κ2) is 8.58. The van der Waals surface area contributed by atoms with E-state index in [9.17, 15) is 17.6 Å². The Labute approximate surface area is 209 Å². The Bertz CT molecular complexity index is 1400. The quantitative estimate of drug-likeness (QED) is 0.520. The second-order valence-corrected chi connectivity index (χ2v) is 12.7. The van der Waals surface area contributed by atoms with E-state index in [1.54, 1.807) is 31.3 Å². The van der Waals surface area contributed by atoms with Crippen LogP contribution in [0.4, 0.5) is 10.1 Å². The van der Waals surface area contributed by atoms with Gasteiger partial charge >= 0.3 is 7.12 Å². The third-order valence-electron chi connectivity index (χ3n) is 6.74. The van der Waals surface area contributed by atoms with Crippen LogP contribution >= 0.6 is 11.3 Å². The third-order valence-corrected chi connectivity index (χ3v) is 9.13. The van der Waals surface area contributed by atoms with Gasteiger partial charge in [-0.2, -0.15) is 0 Å². The smallest absolute Gasteiger partial charge is 0.399 e. The summed E-state index contributed by atoms with van der Waals surface area (Å²) in [6, 6.07) is 9.41. The zero-order chi connectivity index (χ0) is 25.9. The normalized spacial score (nSPS) is 17.1. The van der Waals surface area contributed by atoms with E-state index in [2.05, 4.69) is 5.32 Å². The molecule has 0 atom stereocenters. The number of nitrogens with zero attached hydrogens (tertiary/aromatic N) is 1. The maximum absolute atomic E-state index is 13.6. The lowest BCUT2D eigenvalue weighted by molar-refractivity contribution is 0.00578. The fraction of sp³-hybridized carbons (Fsp3) is 0.375. The third kappa shape index (κ3) is 4.46. The predicted octanol–water partition coefficient (Wildman–Crippen LogP) is 3.76. The molecule has 0 unspecified atom stereocenters. The van der Waals surface area contributed by atoms with Crippen molar-refractivity contribution < 1.29 is 26.9 Å². The molecule has 1 N–H and O–H groups in total. The Morgan fingerprint density at radius 3 is 2.17 bits per heavy atom. The van der Waals surface area contributed by atoms with Crippen LogP contribution in [0.3, 0.4) is 0 Å². The number of rotatable bonds is 5. The average molecular weight is 518 g/mol. The van der Waals surface area contributed by atoms with Crippen LogP contribution < -0.4 is 15.1 Å². The van der Waals surface area contributed by atoms with Gasteiger partial charge in [-0.05, 0) is 51.5 Å². The molecule has 0 aliphatic carbocycles. The summed E-state index contributed by atoms with van der Waals surface area (Å²) in [6.45, 7) is 7.66. The minimum atomic E-state index is -3.61. The van der Waals surface area contributed by atoms with Gasteiger partial charge in [-0.3, -0.25) is 9.10 Å². The number of carbonyl (C=O) groups excluding carboxylic acids is 1. The highest BCUT2D eigenvalue weighted by Gasteiger charge is 2.52. The van der Waals surface area contributed by atoms with E-state index in [1.165, 1.54) is 34.8 Å². The lowest BCUT2D eigenvalue weighted by atomic mass is 9.77. The van der Waals surface area contributed by atoms with Crippen LogP contribution in [0.5, 0.6) is 0 Å². The van der Waals surface area contributed by atoms with Crippen LogP contribution in [0.1, 0.15) is 38.1 Å². The number of thiophene rings is 1. The maximum atomic E-state index is 13.6. The molecular weight excluding hydrogens is 490 g/mol. The highest BCUT2D eigenvalue weighted by Crippen LogP contribution is 2.42. The molecule has 1 fully saturated rings. The van der Waals surface area contributed by atoms with E-state index < -0.39 is 28.3 Å². The zero-order valence-electron chi connectivity index (χ0n) is 20.7. The first-order chi connectivity index (χ1) is 16.2. The van der Waals surface area contributed by atoms with E-state index in [1.807, 2.05) is 27.7 Å². The number of fused-ring (bicyclic) bond motifs is 1. The molecule has 0 spiro atoms. The number of nitrogens with one attached hydrogen (secondary N) is 1. The number of benzene rings is 2. The fourth-order valence-electron chi connectivity index (χ4n) is 3.91. The second-order valence-electron chi connectivity index (χ2n) is 9.62. The molecule has 186 valence electrons. The van der Waals surface area contributed by atoms with E-state index in [0.29, 0.717) is 37.2 Å². The minimum Gasteiger partial charge on any atom is -0.399 e. The van der Waals surface area contributed by atoms with Gasteiger partial charge in [0.25, 0.3) is 5.91 Å². The highest BCUT2D eigenvalue weighted by molar-refractivity contribution is 7.92. The Balaban J connectivity index is 2.02. The van der Waals surface area contributed by atoms with Crippen molar-refractivity contribution in [3.8, 4) is 10.4 Å². The minimum absolute atomic E-state index is 0.306. The summed E-state index contributed by atoms with van der Waals surface area (Å²) in [5, 5.41) is 3.31. The molecule has 2 aromatic carbocycles. The van der Waals surface area contributed by atoms with Crippen molar-refractivity contribution in [1.29, 1.82) is 0 Å². The molecule has 0 bridgehead atoms. The molecule has 1 amide bonds. The Morgan fingerprint density at radius 2 is 1.66 bits per heavy atom. The summed E-state index contributed by atoms with van der Waals surface area (Å²) in [5.41, 5.74) is 0.703. The van der Waals surface area contributed by atoms with Crippen LogP contribution in [0.25, 0.3) is 20.5 Å². The lowest BCUT2D eigenvalue weighted by Crippen LogP contribution is -2.41. The molecule has 7 nitrogen and oxygen atoms in total. The SMILES string of the molecule is CNC(=O)c1c(-c2ccc(F)cc2)sc2cc(N(C)S(C)(=O)=O)c(B3OC(C)(C)C(C)(C)O3)cc12. The zero-order valence-corrected chi connectivity index (χ0v) is 22.4. The van der Waals surface area contributed by atoms with E-state index in [4.69, 9.17) is 9.31 Å². The molecule has 1 saturated heterocycles. The van der Waals surface area contributed by atoms with Gasteiger partial charge in [0.15, 0.2) is 0 Å². The number of anilines is 1. The van der Waals surface area contributed by atoms with Crippen molar-refractivity contribution in [3.63, 3.8) is 0 Å². The van der Waals surface area contributed by atoms with Crippen LogP contribution in [-0.2, 0) is 19.3 Å². The summed E-state index contributed by atoms with van der Waals surface area (Å²) in [7, 11) is -1.45. The van der Waals surface area contributed by atoms with Crippen molar-refractivity contribution in [3.05, 3.63) is 47.8 Å². The van der Waals surface area contributed by atoms with Crippen LogP contribution in [0, 0.1) is 5.82 Å². The van der Waals surface area contributed by atoms with Crippen molar-refractivity contribution in [2.24, 2.45) is 0 Å². The largest absolute Gasteiger partial charge is 0.497 e. The molecule has 0 radical (unpaired) electrons. The van der Waals surface area contributed by atoms with E-state index in [-0.39, 0.29) is 11.7 Å². The van der Waals surface area contributed by atoms with Gasteiger partial charge in [0.2, 0.25) is 10.0 Å². The Hall–Kier alpha value is -2.47. The molecule has 2 heterocycles. The van der Waals surface area contributed by atoms with Gasteiger partial charge < -0.3 is 14.6 Å². The number of carbonyl (C=O) groups is 1. The van der Waals surface area contributed by atoms with Gasteiger partial charge in [-0.1, -0.05) is 18.2 Å². The summed E-state index contributed by atoms with van der Waals surface area (Å²) < 4.78 is 53.0. The number of hydrogen-bond acceptors (Lipinski definition) is 6. The summed E-state index contributed by atoms with van der Waals surface area (Å²) >= 11 is 1.33. The van der Waals surface area contributed by atoms with E-state index >= 15 is 0 Å². The molecule has 3 aromatic rings. The van der Waals surface area contributed by atoms with Gasteiger partial charge in [0.05, 0.1) is 28.7 Å². The van der Waals surface area contributed by atoms with E-state index in [0.717, 1.165) is 6.26 Å². The summed E-state index contributed by atoms with van der Waals surface area (Å²) in [5.74, 6) is -0.684. The Kier molecular flexibility index (Phi) is 6.28. The molecular formula is C24H28BFN2O5S2. The standard InChI is InChI=1S/C24H28BFN2O5S2/c1-23(2)24(3,4)33-25(32-23)17-12-16-19(13-18(17)28(6)35(7,30)31)34-21(20(16)22(29)27-5)14-8-10-15(26)11-9-14/h8-13H,1-7H3,(H,27,29). The van der Waals surface area contributed by atoms with Crippen LogP contribution in [-0.4, -0.2) is 53.0 Å². The lowest BCUT2D eigenvalue weighted by Gasteiger charge is -2.32. The Morgan fingerprint density at radius 1 is 1.09 bits per heavy atom. The molecule has 1 aliphatic heterocycles. The molecule has 1 aromatic heterocycles. The van der Waals surface area contributed by atoms with Crippen molar-refractivity contribution in [2.45, 2.75) is 38.9 Å². The van der Waals surface area contributed by atoms with Crippen LogP contribution in [0.2, 0.25) is 0 Å². The fourth-order valence-corrected chi connectivity index (χ4v) is 5.65. The molecule has 11 heteroatoms. The van der Waals surface area contributed by atoms with Gasteiger partial charge in [-0.15, -0.1) is 11.3 Å². The number of sulfonamides is 1. The maximum Gasteiger partial charge on any atom is 0.497 e. The molecule has 4 rings (SSSR count). The topological polar surface area (TPSA) is 84.9 Å². The average Bonchev–Trinajstić information content (AvgIpc) is 3.24.